The topological polar surface area (TPSA) is 56.0 Å². The Hall–Kier alpha value is -1.33. The number of nitrogens with two attached hydrogens (primary N) is 1. The molecule has 0 aliphatic carbocycles. The van der Waals surface area contributed by atoms with Crippen LogP contribution in [0.3, 0.4) is 0 Å². The molecule has 0 radical (unpaired) electrons. The second-order valence-corrected chi connectivity index (χ2v) is 7.09. The van der Waals surface area contributed by atoms with E-state index in [1.165, 1.54) is 5.56 Å². The summed E-state index contributed by atoms with van der Waals surface area (Å²) < 4.78 is 1.01. The number of thioether (sulfide) groups is 1. The molecule has 2 aromatic rings. The maximum Gasteiger partial charge on any atom is 0.222 e. The number of aromatic nitrogens is 1. The Balaban J connectivity index is 2.14. The van der Waals surface area contributed by atoms with Crippen molar-refractivity contribution in [1.29, 1.82) is 0 Å². The molecule has 106 valence electrons. The molecule has 0 aliphatic heterocycles. The third kappa shape index (κ3) is 3.84. The molecular formula is C15H18N2OS2. The summed E-state index contributed by atoms with van der Waals surface area (Å²) in [7, 11) is 0. The highest BCUT2D eigenvalue weighted by molar-refractivity contribution is 8.01. The highest BCUT2D eigenvalue weighted by Crippen LogP contribution is 2.40. The molecule has 0 saturated heterocycles. The Morgan fingerprint density at radius 1 is 1.40 bits per heavy atom. The maximum atomic E-state index is 11.0. The van der Waals surface area contributed by atoms with Crippen molar-refractivity contribution in [3.63, 3.8) is 0 Å². The van der Waals surface area contributed by atoms with Crippen molar-refractivity contribution < 1.29 is 4.79 Å². The van der Waals surface area contributed by atoms with Gasteiger partial charge in [0.25, 0.3) is 0 Å². The van der Waals surface area contributed by atoms with Crippen molar-refractivity contribution in [2.24, 2.45) is 5.73 Å². The normalized spacial score (nSPS) is 12.3. The number of primary amides is 1. The van der Waals surface area contributed by atoms with E-state index in [9.17, 15) is 4.79 Å². The van der Waals surface area contributed by atoms with Crippen molar-refractivity contribution in [3.05, 3.63) is 46.5 Å². The van der Waals surface area contributed by atoms with Crippen LogP contribution in [0.5, 0.6) is 0 Å². The molecule has 1 amide bonds. The summed E-state index contributed by atoms with van der Waals surface area (Å²) in [6, 6.07) is 10.4. The van der Waals surface area contributed by atoms with Crippen molar-refractivity contribution in [1.82, 2.24) is 4.98 Å². The fraction of sp³-hybridized carbons (Fsp3) is 0.333. The first-order valence-corrected chi connectivity index (χ1v) is 8.26. The first kappa shape index (κ1) is 15.1. The molecule has 0 fully saturated rings. The zero-order chi connectivity index (χ0) is 14.5. The second-order valence-electron chi connectivity index (χ2n) is 4.56. The summed E-state index contributed by atoms with van der Waals surface area (Å²) in [5, 5.41) is 0.392. The van der Waals surface area contributed by atoms with Gasteiger partial charge in [-0.2, -0.15) is 0 Å². The number of benzene rings is 1. The van der Waals surface area contributed by atoms with Crippen LogP contribution >= 0.6 is 23.1 Å². The minimum absolute atomic E-state index is 0.284. The molecule has 1 heterocycles. The first-order chi connectivity index (χ1) is 9.60. The zero-order valence-corrected chi connectivity index (χ0v) is 13.3. The highest BCUT2D eigenvalue weighted by Gasteiger charge is 2.16. The Kier molecular flexibility index (Phi) is 5.20. The van der Waals surface area contributed by atoms with Gasteiger partial charge in [0, 0.05) is 10.1 Å². The Bertz CT molecular complexity index is 581. The van der Waals surface area contributed by atoms with Crippen LogP contribution in [0.2, 0.25) is 0 Å². The lowest BCUT2D eigenvalue weighted by Gasteiger charge is -2.12. The molecule has 2 rings (SSSR count). The van der Waals surface area contributed by atoms with E-state index >= 15 is 0 Å². The molecule has 0 bridgehead atoms. The Morgan fingerprint density at radius 2 is 2.10 bits per heavy atom. The standard InChI is InChI=1S/C15H18N2OS2/c1-3-12(11-7-5-4-6-8-11)19-15-17-10(2)13(20-15)9-14(16)18/h4-8,12H,3,9H2,1-2H3,(H2,16,18)/t12-/m0/s1. The molecule has 1 atom stereocenters. The van der Waals surface area contributed by atoms with E-state index in [0.29, 0.717) is 5.25 Å². The van der Waals surface area contributed by atoms with Gasteiger partial charge in [0.1, 0.15) is 0 Å². The van der Waals surface area contributed by atoms with E-state index in [2.05, 4.69) is 36.2 Å². The predicted molar refractivity (Wildman–Crippen MR) is 85.1 cm³/mol. The molecular weight excluding hydrogens is 288 g/mol. The van der Waals surface area contributed by atoms with Gasteiger partial charge in [-0.1, -0.05) is 49.0 Å². The van der Waals surface area contributed by atoms with Gasteiger partial charge in [-0.25, -0.2) is 4.98 Å². The van der Waals surface area contributed by atoms with E-state index < -0.39 is 0 Å². The summed E-state index contributed by atoms with van der Waals surface area (Å²) in [5.74, 6) is -0.302. The fourth-order valence-electron chi connectivity index (χ4n) is 1.95. The monoisotopic (exact) mass is 306 g/mol. The number of aryl methyl sites for hydroxylation is 1. The lowest BCUT2D eigenvalue weighted by molar-refractivity contribution is -0.117. The average molecular weight is 306 g/mol. The van der Waals surface area contributed by atoms with Gasteiger partial charge in [0.2, 0.25) is 5.91 Å². The third-order valence-corrected chi connectivity index (χ3v) is 5.67. The van der Waals surface area contributed by atoms with Crippen molar-refractivity contribution in [2.45, 2.75) is 36.3 Å². The summed E-state index contributed by atoms with van der Waals surface area (Å²) in [6.45, 7) is 4.11. The van der Waals surface area contributed by atoms with Crippen LogP contribution < -0.4 is 5.73 Å². The van der Waals surface area contributed by atoms with Crippen molar-refractivity contribution >= 4 is 29.0 Å². The lowest BCUT2D eigenvalue weighted by Crippen LogP contribution is -2.13. The van der Waals surface area contributed by atoms with Crippen LogP contribution in [0.4, 0.5) is 0 Å². The van der Waals surface area contributed by atoms with E-state index in [1.54, 1.807) is 23.1 Å². The maximum absolute atomic E-state index is 11.0. The van der Waals surface area contributed by atoms with Crippen molar-refractivity contribution in [3.8, 4) is 0 Å². The van der Waals surface area contributed by atoms with Crippen LogP contribution in [0.15, 0.2) is 34.7 Å². The van der Waals surface area contributed by atoms with E-state index in [4.69, 9.17) is 5.73 Å². The van der Waals surface area contributed by atoms with E-state index in [0.717, 1.165) is 21.3 Å². The van der Waals surface area contributed by atoms with Gasteiger partial charge in [-0.3, -0.25) is 4.79 Å². The van der Waals surface area contributed by atoms with Crippen molar-refractivity contribution in [2.75, 3.05) is 0 Å². The van der Waals surface area contributed by atoms with E-state index in [-0.39, 0.29) is 12.3 Å². The molecule has 1 aromatic carbocycles. The van der Waals surface area contributed by atoms with Crippen LogP contribution in [0, 0.1) is 6.92 Å². The van der Waals surface area contributed by atoms with Gasteiger partial charge >= 0.3 is 0 Å². The molecule has 0 unspecified atom stereocenters. The zero-order valence-electron chi connectivity index (χ0n) is 11.6. The molecule has 0 saturated carbocycles. The number of amides is 1. The van der Waals surface area contributed by atoms with Crippen LogP contribution in [-0.4, -0.2) is 10.9 Å². The predicted octanol–water partition coefficient (Wildman–Crippen LogP) is 3.72. The molecule has 2 N–H and O–H groups in total. The minimum atomic E-state index is -0.302. The molecule has 3 nitrogen and oxygen atoms in total. The summed E-state index contributed by atoms with van der Waals surface area (Å²) in [5.41, 5.74) is 7.48. The number of hydrogen-bond acceptors (Lipinski definition) is 4. The molecule has 1 aromatic heterocycles. The number of carbonyl (C=O) groups is 1. The fourth-order valence-corrected chi connectivity index (χ4v) is 4.49. The molecule has 0 aliphatic rings. The summed E-state index contributed by atoms with van der Waals surface area (Å²) >= 11 is 3.34. The Morgan fingerprint density at radius 3 is 2.70 bits per heavy atom. The SMILES string of the molecule is CC[C@H](Sc1nc(C)c(CC(N)=O)s1)c1ccccc1. The van der Waals surface area contributed by atoms with Crippen LogP contribution in [0.25, 0.3) is 0 Å². The second kappa shape index (κ2) is 6.90. The number of hydrogen-bond donors (Lipinski definition) is 1. The quantitative estimate of drug-likeness (QED) is 0.827. The number of nitrogens with zero attached hydrogens (tertiary/aromatic N) is 1. The average Bonchev–Trinajstić information content (AvgIpc) is 2.76. The minimum Gasteiger partial charge on any atom is -0.369 e. The smallest absolute Gasteiger partial charge is 0.222 e. The van der Waals surface area contributed by atoms with Gasteiger partial charge in [-0.15, -0.1) is 11.3 Å². The molecule has 5 heteroatoms. The summed E-state index contributed by atoms with van der Waals surface area (Å²) in [6.07, 6.45) is 1.32. The number of thiazole rings is 1. The molecule has 0 spiro atoms. The number of carbonyl (C=O) groups excluding carboxylic acids is 1. The largest absolute Gasteiger partial charge is 0.369 e. The Labute approximate surface area is 127 Å². The third-order valence-electron chi connectivity index (χ3n) is 2.99. The lowest BCUT2D eigenvalue weighted by atomic mass is 10.1. The van der Waals surface area contributed by atoms with Crippen LogP contribution in [0.1, 0.15) is 34.7 Å². The van der Waals surface area contributed by atoms with E-state index in [1.807, 2.05) is 13.0 Å². The van der Waals surface area contributed by atoms with Gasteiger partial charge < -0.3 is 5.73 Å². The highest BCUT2D eigenvalue weighted by atomic mass is 32.2. The van der Waals surface area contributed by atoms with Crippen LogP contribution in [-0.2, 0) is 11.2 Å². The van der Waals surface area contributed by atoms with Gasteiger partial charge in [0.15, 0.2) is 4.34 Å². The van der Waals surface area contributed by atoms with Gasteiger partial charge in [-0.05, 0) is 18.9 Å². The molecule has 20 heavy (non-hydrogen) atoms. The number of rotatable bonds is 6. The van der Waals surface area contributed by atoms with Gasteiger partial charge in [0.05, 0.1) is 12.1 Å². The first-order valence-electron chi connectivity index (χ1n) is 6.56. The summed E-state index contributed by atoms with van der Waals surface area (Å²) in [4.78, 5) is 16.5.